The zero-order valence-electron chi connectivity index (χ0n) is 17.4. The van der Waals surface area contributed by atoms with Crippen molar-refractivity contribution < 1.29 is 14.6 Å². The third-order valence-corrected chi connectivity index (χ3v) is 5.10. The molecular weight excluding hydrogens is 364 g/mol. The van der Waals surface area contributed by atoms with E-state index in [1.54, 1.807) is 26.4 Å². The zero-order chi connectivity index (χ0) is 20.8. The molecule has 0 fully saturated rings. The van der Waals surface area contributed by atoms with E-state index in [1.165, 1.54) is 11.1 Å². The summed E-state index contributed by atoms with van der Waals surface area (Å²) >= 11 is 0. The summed E-state index contributed by atoms with van der Waals surface area (Å²) in [5.41, 5.74) is 5.11. The highest BCUT2D eigenvalue weighted by Crippen LogP contribution is 2.31. The Kier molecular flexibility index (Phi) is 6.73. The maximum absolute atomic E-state index is 10.2. The normalized spacial score (nSPS) is 11.9. The Morgan fingerprint density at radius 3 is 2.45 bits per heavy atom. The number of benzene rings is 2. The molecule has 0 radical (unpaired) electrons. The SMILES string of the molecule is COc1ccc(C(Cc2ccccc2C)NCc2nc(C)ccc2O)cc1OC. The van der Waals surface area contributed by atoms with Crippen LogP contribution in [0.2, 0.25) is 0 Å². The Bertz CT molecular complexity index is 972. The molecule has 1 atom stereocenters. The van der Waals surface area contributed by atoms with Crippen LogP contribution in [-0.4, -0.2) is 24.3 Å². The van der Waals surface area contributed by atoms with Crippen molar-refractivity contribution in [1.82, 2.24) is 10.3 Å². The molecule has 0 aliphatic carbocycles. The van der Waals surface area contributed by atoms with Crippen molar-refractivity contribution in [1.29, 1.82) is 0 Å². The lowest BCUT2D eigenvalue weighted by Gasteiger charge is -2.22. The van der Waals surface area contributed by atoms with Gasteiger partial charge in [0.25, 0.3) is 0 Å². The molecular formula is C24H28N2O3. The van der Waals surface area contributed by atoms with Crippen LogP contribution in [-0.2, 0) is 13.0 Å². The third-order valence-electron chi connectivity index (χ3n) is 5.10. The van der Waals surface area contributed by atoms with Gasteiger partial charge in [-0.3, -0.25) is 4.98 Å². The summed E-state index contributed by atoms with van der Waals surface area (Å²) in [7, 11) is 3.27. The maximum atomic E-state index is 10.2. The Balaban J connectivity index is 1.91. The van der Waals surface area contributed by atoms with Crippen LogP contribution < -0.4 is 14.8 Å². The molecule has 1 unspecified atom stereocenters. The van der Waals surface area contributed by atoms with E-state index < -0.39 is 0 Å². The lowest BCUT2D eigenvalue weighted by Crippen LogP contribution is -2.24. The molecule has 0 bridgehead atoms. The Morgan fingerprint density at radius 1 is 0.966 bits per heavy atom. The average molecular weight is 392 g/mol. The van der Waals surface area contributed by atoms with Gasteiger partial charge in [0.1, 0.15) is 5.75 Å². The standard InChI is InChI=1S/C24H28N2O3/c1-16-7-5-6-8-18(16)13-20(19-10-12-23(28-3)24(14-19)29-4)25-15-21-22(27)11-9-17(2)26-21/h5-12,14,20,25,27H,13,15H2,1-4H3. The first-order chi connectivity index (χ1) is 14.0. The molecule has 2 aromatic carbocycles. The minimum absolute atomic E-state index is 0.0117. The Labute approximate surface area is 172 Å². The minimum Gasteiger partial charge on any atom is -0.506 e. The summed E-state index contributed by atoms with van der Waals surface area (Å²) in [5.74, 6) is 1.59. The van der Waals surface area contributed by atoms with Gasteiger partial charge in [-0.2, -0.15) is 0 Å². The fourth-order valence-corrected chi connectivity index (χ4v) is 3.39. The first-order valence-electron chi connectivity index (χ1n) is 9.67. The van der Waals surface area contributed by atoms with Crippen molar-refractivity contribution in [2.24, 2.45) is 0 Å². The van der Waals surface area contributed by atoms with Crippen molar-refractivity contribution in [3.8, 4) is 17.2 Å². The molecule has 1 heterocycles. The van der Waals surface area contributed by atoms with E-state index >= 15 is 0 Å². The number of aromatic nitrogens is 1. The van der Waals surface area contributed by atoms with Gasteiger partial charge in [0, 0.05) is 18.3 Å². The average Bonchev–Trinajstić information content (AvgIpc) is 2.74. The van der Waals surface area contributed by atoms with Gasteiger partial charge in [0.05, 0.1) is 19.9 Å². The zero-order valence-corrected chi connectivity index (χ0v) is 17.4. The highest BCUT2D eigenvalue weighted by atomic mass is 16.5. The van der Waals surface area contributed by atoms with Crippen LogP contribution in [0.4, 0.5) is 0 Å². The Morgan fingerprint density at radius 2 is 1.72 bits per heavy atom. The van der Waals surface area contributed by atoms with Crippen LogP contribution in [0.15, 0.2) is 54.6 Å². The van der Waals surface area contributed by atoms with Gasteiger partial charge in [-0.15, -0.1) is 0 Å². The van der Waals surface area contributed by atoms with E-state index in [2.05, 4.69) is 35.4 Å². The van der Waals surface area contributed by atoms with E-state index in [9.17, 15) is 5.11 Å². The molecule has 0 aliphatic rings. The lowest BCUT2D eigenvalue weighted by molar-refractivity contribution is 0.353. The van der Waals surface area contributed by atoms with Crippen molar-refractivity contribution in [3.63, 3.8) is 0 Å². The van der Waals surface area contributed by atoms with Gasteiger partial charge in [0.2, 0.25) is 0 Å². The summed E-state index contributed by atoms with van der Waals surface area (Å²) in [4.78, 5) is 4.47. The molecule has 29 heavy (non-hydrogen) atoms. The van der Waals surface area contributed by atoms with Crippen LogP contribution in [0.3, 0.4) is 0 Å². The van der Waals surface area contributed by atoms with Gasteiger partial charge in [-0.25, -0.2) is 0 Å². The van der Waals surface area contributed by atoms with Crippen molar-refractivity contribution in [2.75, 3.05) is 14.2 Å². The summed E-state index contributed by atoms with van der Waals surface area (Å²) in [6.45, 7) is 4.50. The molecule has 3 rings (SSSR count). The summed E-state index contributed by atoms with van der Waals surface area (Å²) in [6, 6.07) is 17.8. The highest BCUT2D eigenvalue weighted by Gasteiger charge is 2.17. The van der Waals surface area contributed by atoms with E-state index in [0.717, 1.165) is 17.7 Å². The number of hydrogen-bond donors (Lipinski definition) is 2. The lowest BCUT2D eigenvalue weighted by atomic mass is 9.95. The number of ether oxygens (including phenoxy) is 2. The first kappa shape index (κ1) is 20.7. The van der Waals surface area contributed by atoms with Crippen LogP contribution in [0.5, 0.6) is 17.2 Å². The number of nitrogens with zero attached hydrogens (tertiary/aromatic N) is 1. The fraction of sp³-hybridized carbons (Fsp3) is 0.292. The quantitative estimate of drug-likeness (QED) is 0.591. The van der Waals surface area contributed by atoms with Crippen LogP contribution in [0.1, 0.15) is 34.1 Å². The van der Waals surface area contributed by atoms with Gasteiger partial charge in [-0.05, 0) is 61.2 Å². The third kappa shape index (κ3) is 5.06. The molecule has 2 N–H and O–H groups in total. The molecule has 5 nitrogen and oxygen atoms in total. The number of methoxy groups -OCH3 is 2. The highest BCUT2D eigenvalue weighted by molar-refractivity contribution is 5.44. The predicted molar refractivity (Wildman–Crippen MR) is 115 cm³/mol. The summed E-state index contributed by atoms with van der Waals surface area (Å²) < 4.78 is 10.9. The molecule has 3 aromatic rings. The fourth-order valence-electron chi connectivity index (χ4n) is 3.39. The molecule has 0 aliphatic heterocycles. The number of aromatic hydroxyl groups is 1. The molecule has 5 heteroatoms. The van der Waals surface area contributed by atoms with Crippen LogP contribution in [0, 0.1) is 13.8 Å². The van der Waals surface area contributed by atoms with Gasteiger partial charge >= 0.3 is 0 Å². The monoisotopic (exact) mass is 392 g/mol. The maximum Gasteiger partial charge on any atom is 0.161 e. The van der Waals surface area contributed by atoms with Gasteiger partial charge < -0.3 is 19.9 Å². The molecule has 1 aromatic heterocycles. The summed E-state index contributed by atoms with van der Waals surface area (Å²) in [5, 5.41) is 13.7. The van der Waals surface area contributed by atoms with Crippen molar-refractivity contribution >= 4 is 0 Å². The smallest absolute Gasteiger partial charge is 0.161 e. The van der Waals surface area contributed by atoms with E-state index in [0.29, 0.717) is 23.7 Å². The second kappa shape index (κ2) is 9.43. The minimum atomic E-state index is 0.0117. The largest absolute Gasteiger partial charge is 0.506 e. The molecule has 152 valence electrons. The van der Waals surface area contributed by atoms with E-state index in [-0.39, 0.29) is 11.8 Å². The van der Waals surface area contributed by atoms with Crippen molar-refractivity contribution in [3.05, 3.63) is 82.7 Å². The Hall–Kier alpha value is -3.05. The van der Waals surface area contributed by atoms with E-state index in [1.807, 2.05) is 31.2 Å². The predicted octanol–water partition coefficient (Wildman–Crippen LogP) is 4.49. The second-order valence-corrected chi connectivity index (χ2v) is 7.10. The number of nitrogens with one attached hydrogen (secondary N) is 1. The van der Waals surface area contributed by atoms with Gasteiger partial charge in [0.15, 0.2) is 11.5 Å². The number of hydrogen-bond acceptors (Lipinski definition) is 5. The topological polar surface area (TPSA) is 63.6 Å². The van der Waals surface area contributed by atoms with Crippen LogP contribution >= 0.6 is 0 Å². The molecule has 0 saturated heterocycles. The molecule has 0 spiro atoms. The number of pyridine rings is 1. The van der Waals surface area contributed by atoms with Crippen molar-refractivity contribution in [2.45, 2.75) is 32.9 Å². The van der Waals surface area contributed by atoms with Gasteiger partial charge in [-0.1, -0.05) is 30.3 Å². The number of aryl methyl sites for hydroxylation is 2. The van der Waals surface area contributed by atoms with Crippen LogP contribution in [0.25, 0.3) is 0 Å². The summed E-state index contributed by atoms with van der Waals surface area (Å²) in [6.07, 6.45) is 0.800. The van der Waals surface area contributed by atoms with E-state index in [4.69, 9.17) is 9.47 Å². The molecule has 0 amide bonds. The first-order valence-corrected chi connectivity index (χ1v) is 9.67. The molecule has 0 saturated carbocycles. The second-order valence-electron chi connectivity index (χ2n) is 7.10. The number of rotatable bonds is 8.